The monoisotopic (exact) mass is 254 g/mol. The van der Waals surface area contributed by atoms with Crippen LogP contribution in [0.25, 0.3) is 0 Å². The molecule has 5 nitrogen and oxygen atoms in total. The number of aromatic nitrogens is 2. The minimum atomic E-state index is 0.621. The summed E-state index contributed by atoms with van der Waals surface area (Å²) in [5.74, 6) is 1.37. The van der Waals surface area contributed by atoms with Crippen molar-refractivity contribution in [2.45, 2.75) is 38.4 Å². The van der Waals surface area contributed by atoms with E-state index in [2.05, 4.69) is 27.4 Å². The van der Waals surface area contributed by atoms with E-state index in [0.717, 1.165) is 30.5 Å². The number of nitrogens with one attached hydrogen (secondary N) is 1. The highest BCUT2D eigenvalue weighted by Gasteiger charge is 2.18. The highest BCUT2D eigenvalue weighted by molar-refractivity contribution is 8.14. The molecule has 0 fully saturated rings. The molecule has 2 heterocycles. The van der Waals surface area contributed by atoms with Crippen LogP contribution >= 0.6 is 11.8 Å². The van der Waals surface area contributed by atoms with Crippen LogP contribution in [0.15, 0.2) is 9.52 Å². The van der Waals surface area contributed by atoms with Gasteiger partial charge in [-0.15, -0.1) is 0 Å². The zero-order valence-electron chi connectivity index (χ0n) is 10.3. The van der Waals surface area contributed by atoms with Crippen LogP contribution in [0.5, 0.6) is 0 Å². The molecule has 1 aliphatic heterocycles. The van der Waals surface area contributed by atoms with E-state index in [-0.39, 0.29) is 0 Å². The predicted molar refractivity (Wildman–Crippen MR) is 69.3 cm³/mol. The molecule has 1 aromatic rings. The molecule has 0 saturated carbocycles. The van der Waals surface area contributed by atoms with Crippen molar-refractivity contribution in [2.75, 3.05) is 13.1 Å². The lowest BCUT2D eigenvalue weighted by Gasteiger charge is -2.06. The molecule has 0 bridgehead atoms. The molecule has 0 aromatic carbocycles. The van der Waals surface area contributed by atoms with Crippen LogP contribution in [0, 0.1) is 6.92 Å². The lowest BCUT2D eigenvalue weighted by atomic mass is 10.2. The second-order valence-corrected chi connectivity index (χ2v) is 5.37. The molecule has 2 rings (SSSR count). The number of aliphatic imine (C=N–C) groups is 1. The quantitative estimate of drug-likeness (QED) is 0.867. The molecule has 1 atom stereocenters. The molecule has 0 amide bonds. The topological polar surface area (TPSA) is 63.3 Å². The molecule has 0 aliphatic carbocycles. The Morgan fingerprint density at radius 2 is 2.41 bits per heavy atom. The number of amidine groups is 1. The second kappa shape index (κ2) is 6.05. The Kier molecular flexibility index (Phi) is 4.42. The third-order valence-electron chi connectivity index (χ3n) is 2.52. The lowest BCUT2D eigenvalue weighted by molar-refractivity contribution is 0.387. The third-order valence-corrected chi connectivity index (χ3v) is 3.74. The molecule has 1 unspecified atom stereocenters. The molecule has 94 valence electrons. The standard InChI is InChI=1S/C11H18N4OS/c1-3-4-9-7-13-11(17-9)12-6-5-10-14-8(2)16-15-10/h9H,3-7H2,1-2H3,(H,12,13). The molecular formula is C11H18N4OS. The van der Waals surface area contributed by atoms with Crippen molar-refractivity contribution in [3.63, 3.8) is 0 Å². The molecule has 1 N–H and O–H groups in total. The van der Waals surface area contributed by atoms with E-state index in [1.54, 1.807) is 6.92 Å². The van der Waals surface area contributed by atoms with Gasteiger partial charge in [0.2, 0.25) is 5.89 Å². The SMILES string of the molecule is CCCC1CN=C(NCCc2noc(C)n2)S1. The summed E-state index contributed by atoms with van der Waals surface area (Å²) >= 11 is 1.85. The van der Waals surface area contributed by atoms with Crippen molar-refractivity contribution >= 4 is 16.9 Å². The molecular weight excluding hydrogens is 236 g/mol. The van der Waals surface area contributed by atoms with Crippen LogP contribution in [-0.4, -0.2) is 33.6 Å². The molecule has 1 aromatic heterocycles. The summed E-state index contributed by atoms with van der Waals surface area (Å²) in [5.41, 5.74) is 0. The molecule has 6 heteroatoms. The fourth-order valence-electron chi connectivity index (χ4n) is 1.71. The van der Waals surface area contributed by atoms with Gasteiger partial charge in [-0.25, -0.2) is 0 Å². The van der Waals surface area contributed by atoms with E-state index in [1.165, 1.54) is 12.8 Å². The van der Waals surface area contributed by atoms with Crippen LogP contribution < -0.4 is 5.32 Å². The highest BCUT2D eigenvalue weighted by Crippen LogP contribution is 2.23. The van der Waals surface area contributed by atoms with Crippen LogP contribution in [-0.2, 0) is 6.42 Å². The summed E-state index contributed by atoms with van der Waals surface area (Å²) < 4.78 is 4.91. The maximum Gasteiger partial charge on any atom is 0.223 e. The lowest BCUT2D eigenvalue weighted by Crippen LogP contribution is -2.22. The number of rotatable bonds is 5. The first-order valence-electron chi connectivity index (χ1n) is 6.02. The molecule has 0 radical (unpaired) electrons. The first-order valence-corrected chi connectivity index (χ1v) is 6.90. The smallest absolute Gasteiger partial charge is 0.223 e. The Bertz CT molecular complexity index is 391. The van der Waals surface area contributed by atoms with E-state index >= 15 is 0 Å². The summed E-state index contributed by atoms with van der Waals surface area (Å²) in [6, 6.07) is 0. The predicted octanol–water partition coefficient (Wildman–Crippen LogP) is 1.78. The van der Waals surface area contributed by atoms with Gasteiger partial charge in [-0.3, -0.25) is 4.99 Å². The minimum absolute atomic E-state index is 0.621. The van der Waals surface area contributed by atoms with Crippen LogP contribution in [0.4, 0.5) is 0 Å². The fourth-order valence-corrected chi connectivity index (χ4v) is 2.86. The normalized spacial score (nSPS) is 19.4. The van der Waals surface area contributed by atoms with Gasteiger partial charge in [0.1, 0.15) is 0 Å². The van der Waals surface area contributed by atoms with Gasteiger partial charge in [0.05, 0.1) is 6.54 Å². The van der Waals surface area contributed by atoms with Crippen molar-refractivity contribution in [3.8, 4) is 0 Å². The average Bonchev–Trinajstić information content (AvgIpc) is 2.89. The van der Waals surface area contributed by atoms with E-state index < -0.39 is 0 Å². The zero-order chi connectivity index (χ0) is 12.1. The summed E-state index contributed by atoms with van der Waals surface area (Å²) in [7, 11) is 0. The van der Waals surface area contributed by atoms with E-state index in [1.807, 2.05) is 11.8 Å². The van der Waals surface area contributed by atoms with Crippen molar-refractivity contribution in [2.24, 2.45) is 4.99 Å². The maximum atomic E-state index is 4.91. The van der Waals surface area contributed by atoms with Gasteiger partial charge in [-0.1, -0.05) is 30.3 Å². The first kappa shape index (κ1) is 12.4. The number of hydrogen-bond acceptors (Lipinski definition) is 6. The van der Waals surface area contributed by atoms with E-state index in [4.69, 9.17) is 4.52 Å². The number of nitrogens with zero attached hydrogens (tertiary/aromatic N) is 3. The summed E-state index contributed by atoms with van der Waals surface area (Å²) in [4.78, 5) is 8.63. The molecule has 1 aliphatic rings. The number of thioether (sulfide) groups is 1. The highest BCUT2D eigenvalue weighted by atomic mass is 32.2. The van der Waals surface area contributed by atoms with Gasteiger partial charge in [-0.05, 0) is 6.42 Å². The van der Waals surface area contributed by atoms with Crippen molar-refractivity contribution in [1.29, 1.82) is 0 Å². The Hall–Kier alpha value is -1.04. The summed E-state index contributed by atoms with van der Waals surface area (Å²) in [6.07, 6.45) is 3.24. The van der Waals surface area contributed by atoms with Crippen molar-refractivity contribution < 1.29 is 4.52 Å². The third kappa shape index (κ3) is 3.73. The van der Waals surface area contributed by atoms with Crippen molar-refractivity contribution in [3.05, 3.63) is 11.7 Å². The van der Waals surface area contributed by atoms with E-state index in [9.17, 15) is 0 Å². The van der Waals surface area contributed by atoms with E-state index in [0.29, 0.717) is 11.1 Å². The number of aryl methyl sites for hydroxylation is 1. The maximum absolute atomic E-state index is 4.91. The Balaban J connectivity index is 1.66. The number of hydrogen-bond donors (Lipinski definition) is 1. The fraction of sp³-hybridized carbons (Fsp3) is 0.727. The van der Waals surface area contributed by atoms with Gasteiger partial charge in [0.15, 0.2) is 11.0 Å². The Morgan fingerprint density at radius 3 is 3.12 bits per heavy atom. The van der Waals surface area contributed by atoms with Crippen LogP contribution in [0.2, 0.25) is 0 Å². The average molecular weight is 254 g/mol. The van der Waals surface area contributed by atoms with Gasteiger partial charge >= 0.3 is 0 Å². The minimum Gasteiger partial charge on any atom is -0.364 e. The first-order chi connectivity index (χ1) is 8.28. The van der Waals surface area contributed by atoms with Gasteiger partial charge in [-0.2, -0.15) is 4.98 Å². The van der Waals surface area contributed by atoms with Gasteiger partial charge < -0.3 is 9.84 Å². The van der Waals surface area contributed by atoms with Gasteiger partial charge in [0, 0.05) is 25.1 Å². The second-order valence-electron chi connectivity index (χ2n) is 4.08. The molecule has 0 saturated heterocycles. The van der Waals surface area contributed by atoms with Crippen molar-refractivity contribution in [1.82, 2.24) is 15.5 Å². The summed E-state index contributed by atoms with van der Waals surface area (Å²) in [5, 5.41) is 8.89. The largest absolute Gasteiger partial charge is 0.364 e. The Labute approximate surface area is 105 Å². The Morgan fingerprint density at radius 1 is 1.53 bits per heavy atom. The van der Waals surface area contributed by atoms with Crippen LogP contribution in [0.3, 0.4) is 0 Å². The molecule has 0 spiro atoms. The van der Waals surface area contributed by atoms with Gasteiger partial charge in [0.25, 0.3) is 0 Å². The zero-order valence-corrected chi connectivity index (χ0v) is 11.1. The molecule has 17 heavy (non-hydrogen) atoms. The van der Waals surface area contributed by atoms with Crippen LogP contribution in [0.1, 0.15) is 31.5 Å². The summed E-state index contributed by atoms with van der Waals surface area (Å²) in [6.45, 7) is 5.77.